The number of aliphatic hydroxyl groups is 1. The second-order valence-corrected chi connectivity index (χ2v) is 15.2. The Morgan fingerprint density at radius 1 is 1.18 bits per heavy atom. The van der Waals surface area contributed by atoms with E-state index in [1.165, 1.54) is 17.2 Å². The molecule has 44 heavy (non-hydrogen) atoms. The molecule has 1 unspecified atom stereocenters. The zero-order valence-corrected chi connectivity index (χ0v) is 26.5. The van der Waals surface area contributed by atoms with Gasteiger partial charge in [0.1, 0.15) is 5.75 Å². The van der Waals surface area contributed by atoms with Gasteiger partial charge in [-0.2, -0.15) is 0 Å². The number of hydrogen-bond donors (Lipinski definition) is 2. The zero-order chi connectivity index (χ0) is 31.1. The quantitative estimate of drug-likeness (QED) is 0.383. The fourth-order valence-electron chi connectivity index (χ4n) is 7.60. The van der Waals surface area contributed by atoms with Gasteiger partial charge in [-0.05, 0) is 85.4 Å². The number of aryl methyl sites for hydroxylation is 1. The topological polar surface area (TPSA) is 105 Å². The van der Waals surface area contributed by atoms with Crippen molar-refractivity contribution in [2.24, 2.45) is 11.8 Å². The Morgan fingerprint density at radius 2 is 2.02 bits per heavy atom. The van der Waals surface area contributed by atoms with Gasteiger partial charge in [-0.1, -0.05) is 29.8 Å². The van der Waals surface area contributed by atoms with Crippen LogP contribution in [0.3, 0.4) is 0 Å². The van der Waals surface area contributed by atoms with Crippen molar-refractivity contribution < 1.29 is 27.8 Å². The van der Waals surface area contributed by atoms with Crippen LogP contribution in [-0.2, 0) is 26.6 Å². The first-order valence-corrected chi connectivity index (χ1v) is 17.5. The number of anilines is 1. The number of halogens is 1. The third-order valence-electron chi connectivity index (χ3n) is 10.1. The number of carbonyl (C=O) groups is 1. The van der Waals surface area contributed by atoms with Gasteiger partial charge in [0.25, 0.3) is 5.91 Å². The lowest BCUT2D eigenvalue weighted by Gasteiger charge is -2.48. The fourth-order valence-corrected chi connectivity index (χ4v) is 8.59. The number of rotatable bonds is 8. The molecule has 1 amide bonds. The standard InChI is InChI=1S/C34H41ClN2O6S/c1-3-16-44(40,41)36-32(38)24-8-12-30-29(18-24)37(20-25-7-10-27(25)31-19-34(39,4-2)14-15-42-31)21-33(22-43-30)13-5-6-23-17-26(35)9-11-28(23)33/h3-4,8-9,11-12,17-18,25,27,31,39H,1-2,5-7,10,13-16,19-22H2,(H,36,38)/t25-,27+,31-,33?,34+/m0/s1. The number of fused-ring (bicyclic) bond motifs is 3. The molecule has 6 rings (SSSR count). The van der Waals surface area contributed by atoms with Crippen LogP contribution in [0.25, 0.3) is 0 Å². The summed E-state index contributed by atoms with van der Waals surface area (Å²) in [6.45, 7) is 9.72. The highest BCUT2D eigenvalue weighted by Gasteiger charge is 2.46. The first kappa shape index (κ1) is 31.1. The molecule has 5 atom stereocenters. The van der Waals surface area contributed by atoms with Gasteiger partial charge in [0, 0.05) is 41.9 Å². The molecule has 0 aromatic heterocycles. The van der Waals surface area contributed by atoms with Crippen molar-refractivity contribution in [2.45, 2.75) is 62.1 Å². The average Bonchev–Trinajstić information content (AvgIpc) is 3.12. The lowest BCUT2D eigenvalue weighted by atomic mass is 9.67. The van der Waals surface area contributed by atoms with Crippen LogP contribution in [0.15, 0.2) is 61.7 Å². The minimum absolute atomic E-state index is 0.0492. The van der Waals surface area contributed by atoms with Gasteiger partial charge in [0.2, 0.25) is 10.0 Å². The van der Waals surface area contributed by atoms with Gasteiger partial charge in [-0.25, -0.2) is 13.1 Å². The minimum atomic E-state index is -3.84. The molecular formula is C34H41ClN2O6S. The predicted molar refractivity (Wildman–Crippen MR) is 172 cm³/mol. The minimum Gasteiger partial charge on any atom is -0.490 e. The van der Waals surface area contributed by atoms with Crippen molar-refractivity contribution in [1.29, 1.82) is 0 Å². The number of hydrogen-bond acceptors (Lipinski definition) is 7. The third-order valence-corrected chi connectivity index (χ3v) is 11.5. The number of sulfonamides is 1. The van der Waals surface area contributed by atoms with Gasteiger partial charge in [0.05, 0.1) is 36.4 Å². The second-order valence-electron chi connectivity index (χ2n) is 13.0. The van der Waals surface area contributed by atoms with Crippen molar-refractivity contribution >= 4 is 33.2 Å². The van der Waals surface area contributed by atoms with E-state index in [9.17, 15) is 18.3 Å². The molecule has 4 aliphatic rings. The summed E-state index contributed by atoms with van der Waals surface area (Å²) in [7, 11) is -3.84. The third kappa shape index (κ3) is 6.16. The van der Waals surface area contributed by atoms with Crippen molar-refractivity contribution in [3.05, 3.63) is 83.4 Å². The van der Waals surface area contributed by atoms with Crippen LogP contribution < -0.4 is 14.4 Å². The summed E-state index contributed by atoms with van der Waals surface area (Å²) >= 11 is 6.40. The van der Waals surface area contributed by atoms with Gasteiger partial charge in [-0.3, -0.25) is 4.79 Å². The van der Waals surface area contributed by atoms with Crippen LogP contribution in [0.4, 0.5) is 5.69 Å². The molecule has 1 saturated heterocycles. The summed E-state index contributed by atoms with van der Waals surface area (Å²) in [5.74, 6) is 0.233. The van der Waals surface area contributed by atoms with Crippen molar-refractivity contribution in [3.8, 4) is 5.75 Å². The van der Waals surface area contributed by atoms with E-state index < -0.39 is 21.5 Å². The molecule has 2 heterocycles. The van der Waals surface area contributed by atoms with E-state index in [4.69, 9.17) is 21.1 Å². The molecule has 2 aliphatic heterocycles. The molecule has 2 N–H and O–H groups in total. The second kappa shape index (κ2) is 12.2. The van der Waals surface area contributed by atoms with Gasteiger partial charge < -0.3 is 19.5 Å². The average molecular weight is 641 g/mol. The van der Waals surface area contributed by atoms with Gasteiger partial charge in [-0.15, -0.1) is 13.2 Å². The van der Waals surface area contributed by atoms with E-state index in [0.29, 0.717) is 50.2 Å². The molecule has 1 saturated carbocycles. The number of carbonyl (C=O) groups excluding carboxylic acids is 1. The molecule has 0 radical (unpaired) electrons. The largest absolute Gasteiger partial charge is 0.490 e. The van der Waals surface area contributed by atoms with Crippen molar-refractivity contribution in [1.82, 2.24) is 4.72 Å². The number of nitrogens with zero attached hydrogens (tertiary/aromatic N) is 1. The van der Waals surface area contributed by atoms with E-state index in [2.05, 4.69) is 34.9 Å². The molecule has 8 nitrogen and oxygen atoms in total. The van der Waals surface area contributed by atoms with Crippen LogP contribution in [-0.4, -0.2) is 63.2 Å². The number of nitrogens with one attached hydrogen (secondary N) is 1. The number of ether oxygens (including phenoxy) is 2. The Kier molecular flexibility index (Phi) is 8.60. The molecule has 2 aromatic carbocycles. The van der Waals surface area contributed by atoms with Crippen LogP contribution in [0.5, 0.6) is 5.75 Å². The molecule has 1 spiro atoms. The molecule has 10 heteroatoms. The molecule has 2 aliphatic carbocycles. The van der Waals surface area contributed by atoms with Crippen LogP contribution >= 0.6 is 11.6 Å². The Balaban J connectivity index is 1.34. The summed E-state index contributed by atoms with van der Waals surface area (Å²) < 4.78 is 39.6. The van der Waals surface area contributed by atoms with Crippen molar-refractivity contribution in [2.75, 3.05) is 37.0 Å². The summed E-state index contributed by atoms with van der Waals surface area (Å²) in [6, 6.07) is 11.3. The highest BCUT2D eigenvalue weighted by molar-refractivity contribution is 7.90. The summed E-state index contributed by atoms with van der Waals surface area (Å²) in [5, 5.41) is 11.7. The monoisotopic (exact) mass is 640 g/mol. The van der Waals surface area contributed by atoms with Gasteiger partial charge >= 0.3 is 0 Å². The Hall–Kier alpha value is -2.85. The predicted octanol–water partition coefficient (Wildman–Crippen LogP) is 5.18. The van der Waals surface area contributed by atoms with E-state index in [1.807, 2.05) is 6.07 Å². The maximum Gasteiger partial charge on any atom is 0.264 e. The maximum absolute atomic E-state index is 13.1. The van der Waals surface area contributed by atoms with E-state index in [1.54, 1.807) is 24.3 Å². The molecular weight excluding hydrogens is 600 g/mol. The Labute approximate surface area is 265 Å². The lowest BCUT2D eigenvalue weighted by molar-refractivity contribution is -0.125. The van der Waals surface area contributed by atoms with Gasteiger partial charge in [0.15, 0.2) is 0 Å². The van der Waals surface area contributed by atoms with Crippen LogP contribution in [0.1, 0.15) is 60.0 Å². The zero-order valence-electron chi connectivity index (χ0n) is 25.0. The lowest BCUT2D eigenvalue weighted by Crippen LogP contribution is -2.52. The van der Waals surface area contributed by atoms with E-state index in [-0.39, 0.29) is 22.8 Å². The van der Waals surface area contributed by atoms with Crippen LogP contribution in [0, 0.1) is 11.8 Å². The SMILES string of the molecule is C=CCS(=O)(=O)NC(=O)c1ccc2c(c1)N(C[C@@H]1CC[C@H]1[C@@H]1C[C@@](O)(C=C)CCO1)CC1(CCCc3cc(Cl)ccc31)CO2. The fraction of sp³-hybridized carbons (Fsp3) is 0.500. The molecule has 2 fully saturated rings. The summed E-state index contributed by atoms with van der Waals surface area (Å²) in [5.41, 5.74) is 2.32. The highest BCUT2D eigenvalue weighted by Crippen LogP contribution is 2.48. The Morgan fingerprint density at radius 3 is 2.77 bits per heavy atom. The molecule has 236 valence electrons. The van der Waals surface area contributed by atoms with Crippen LogP contribution in [0.2, 0.25) is 5.02 Å². The van der Waals surface area contributed by atoms with E-state index in [0.717, 1.165) is 49.4 Å². The maximum atomic E-state index is 13.1. The smallest absolute Gasteiger partial charge is 0.264 e. The summed E-state index contributed by atoms with van der Waals surface area (Å²) in [6.07, 6.45) is 8.92. The van der Waals surface area contributed by atoms with Crippen molar-refractivity contribution in [3.63, 3.8) is 0 Å². The first-order valence-electron chi connectivity index (χ1n) is 15.5. The van der Waals surface area contributed by atoms with E-state index >= 15 is 0 Å². The Bertz CT molecular complexity index is 1560. The highest BCUT2D eigenvalue weighted by atomic mass is 35.5. The molecule has 2 aromatic rings. The first-order chi connectivity index (χ1) is 21.0. The summed E-state index contributed by atoms with van der Waals surface area (Å²) in [4.78, 5) is 15.4. The number of benzene rings is 2. The molecule has 0 bridgehead atoms. The number of amides is 1. The normalized spacial score (nSPS) is 29.8.